The number of carbonyl (C=O) groups excluding carboxylic acids is 1. The summed E-state index contributed by atoms with van der Waals surface area (Å²) in [5.41, 5.74) is 0. The molecule has 17 heavy (non-hydrogen) atoms. The molecule has 6 nitrogen and oxygen atoms in total. The molecule has 0 radical (unpaired) electrons. The molecule has 1 aliphatic rings. The van der Waals surface area contributed by atoms with E-state index in [1.165, 1.54) is 0 Å². The van der Waals surface area contributed by atoms with Crippen molar-refractivity contribution in [1.29, 1.82) is 0 Å². The highest BCUT2D eigenvalue weighted by Gasteiger charge is 2.15. The second-order valence-electron chi connectivity index (χ2n) is 4.14. The van der Waals surface area contributed by atoms with Crippen LogP contribution in [-0.4, -0.2) is 36.9 Å². The lowest BCUT2D eigenvalue weighted by Crippen LogP contribution is -2.33. The van der Waals surface area contributed by atoms with Crippen LogP contribution in [0.2, 0.25) is 0 Å². The molecule has 94 valence electrons. The number of anilines is 1. The zero-order chi connectivity index (χ0) is 12.1. The van der Waals surface area contributed by atoms with Crippen LogP contribution in [0.25, 0.3) is 0 Å². The molecule has 1 unspecified atom stereocenters. The summed E-state index contributed by atoms with van der Waals surface area (Å²) in [4.78, 5) is 11.5. The molecule has 0 bridgehead atoms. The van der Waals surface area contributed by atoms with Crippen molar-refractivity contribution in [3.05, 3.63) is 11.8 Å². The van der Waals surface area contributed by atoms with Crippen molar-refractivity contribution < 1.29 is 14.1 Å². The van der Waals surface area contributed by atoms with E-state index in [4.69, 9.17) is 9.26 Å². The first-order chi connectivity index (χ1) is 8.24. The minimum absolute atomic E-state index is 0.128. The third-order valence-electron chi connectivity index (χ3n) is 2.58. The molecule has 1 saturated heterocycles. The Labute approximate surface area is 99.7 Å². The van der Waals surface area contributed by atoms with Crippen molar-refractivity contribution in [2.75, 3.05) is 25.0 Å². The van der Waals surface area contributed by atoms with Crippen molar-refractivity contribution in [1.82, 2.24) is 10.5 Å². The number of carbonyl (C=O) groups is 1. The van der Waals surface area contributed by atoms with E-state index < -0.39 is 0 Å². The number of rotatable bonds is 5. The molecule has 0 aliphatic carbocycles. The first kappa shape index (κ1) is 12.1. The highest BCUT2D eigenvalue weighted by Crippen LogP contribution is 2.10. The van der Waals surface area contributed by atoms with Crippen molar-refractivity contribution in [2.45, 2.75) is 25.9 Å². The normalized spacial score (nSPS) is 19.5. The van der Waals surface area contributed by atoms with Gasteiger partial charge in [-0.25, -0.2) is 0 Å². The van der Waals surface area contributed by atoms with Gasteiger partial charge in [0.1, 0.15) is 5.76 Å². The SMILES string of the molecule is Cc1cc(NC(=O)CNCC2CCCO2)no1. The number of aryl methyl sites for hydroxylation is 1. The quantitative estimate of drug-likeness (QED) is 0.790. The molecule has 0 spiro atoms. The fourth-order valence-corrected chi connectivity index (χ4v) is 1.76. The van der Waals surface area contributed by atoms with E-state index in [2.05, 4.69) is 15.8 Å². The van der Waals surface area contributed by atoms with Gasteiger partial charge >= 0.3 is 0 Å². The molecule has 2 rings (SSSR count). The Hall–Kier alpha value is -1.40. The number of ether oxygens (including phenoxy) is 1. The van der Waals surface area contributed by atoms with E-state index in [1.807, 2.05) is 0 Å². The van der Waals surface area contributed by atoms with Crippen LogP contribution in [0.15, 0.2) is 10.6 Å². The molecule has 1 aliphatic heterocycles. The van der Waals surface area contributed by atoms with Gasteiger partial charge in [0.25, 0.3) is 0 Å². The van der Waals surface area contributed by atoms with Gasteiger partial charge in [0.15, 0.2) is 5.82 Å². The lowest BCUT2D eigenvalue weighted by Gasteiger charge is -2.09. The molecule has 2 heterocycles. The van der Waals surface area contributed by atoms with E-state index in [0.29, 0.717) is 18.1 Å². The van der Waals surface area contributed by atoms with Gasteiger partial charge in [-0.3, -0.25) is 4.79 Å². The first-order valence-corrected chi connectivity index (χ1v) is 5.79. The van der Waals surface area contributed by atoms with Crippen LogP contribution in [0.4, 0.5) is 5.82 Å². The minimum atomic E-state index is -0.128. The standard InChI is InChI=1S/C11H17N3O3/c1-8-5-10(14-17-8)13-11(15)7-12-6-9-3-2-4-16-9/h5,9,12H,2-4,6-7H2,1H3,(H,13,14,15). The summed E-state index contributed by atoms with van der Waals surface area (Å²) in [6.45, 7) is 3.58. The molecule has 1 aromatic heterocycles. The summed E-state index contributed by atoms with van der Waals surface area (Å²) in [5.74, 6) is 0.996. The second-order valence-corrected chi connectivity index (χ2v) is 4.14. The molecule has 2 N–H and O–H groups in total. The number of aromatic nitrogens is 1. The second kappa shape index (κ2) is 5.79. The predicted molar refractivity (Wildman–Crippen MR) is 61.7 cm³/mol. The fraction of sp³-hybridized carbons (Fsp3) is 0.636. The largest absolute Gasteiger partial charge is 0.377 e. The maximum Gasteiger partial charge on any atom is 0.239 e. The van der Waals surface area contributed by atoms with Crippen molar-refractivity contribution in [3.63, 3.8) is 0 Å². The Bertz CT molecular complexity index is 372. The number of amides is 1. The fourth-order valence-electron chi connectivity index (χ4n) is 1.76. The zero-order valence-electron chi connectivity index (χ0n) is 9.86. The van der Waals surface area contributed by atoms with E-state index in [0.717, 1.165) is 19.4 Å². The Morgan fingerprint density at radius 3 is 3.18 bits per heavy atom. The van der Waals surface area contributed by atoms with E-state index in [9.17, 15) is 4.79 Å². The number of nitrogens with one attached hydrogen (secondary N) is 2. The van der Waals surface area contributed by atoms with E-state index in [1.54, 1.807) is 13.0 Å². The summed E-state index contributed by atoms with van der Waals surface area (Å²) in [7, 11) is 0. The molecule has 1 amide bonds. The molecule has 0 aromatic carbocycles. The maximum atomic E-state index is 11.5. The Morgan fingerprint density at radius 2 is 2.53 bits per heavy atom. The number of hydrogen-bond donors (Lipinski definition) is 2. The lowest BCUT2D eigenvalue weighted by atomic mass is 10.2. The van der Waals surface area contributed by atoms with Gasteiger partial charge < -0.3 is 19.9 Å². The molecule has 1 aromatic rings. The summed E-state index contributed by atoms with van der Waals surface area (Å²) >= 11 is 0. The van der Waals surface area contributed by atoms with Crippen LogP contribution in [0.3, 0.4) is 0 Å². The van der Waals surface area contributed by atoms with Crippen LogP contribution >= 0.6 is 0 Å². The van der Waals surface area contributed by atoms with Crippen molar-refractivity contribution in [3.8, 4) is 0 Å². The summed E-state index contributed by atoms with van der Waals surface area (Å²) in [5, 5.41) is 9.38. The summed E-state index contributed by atoms with van der Waals surface area (Å²) in [6.07, 6.45) is 2.42. The van der Waals surface area contributed by atoms with Gasteiger partial charge in [-0.2, -0.15) is 0 Å². The van der Waals surface area contributed by atoms with Gasteiger partial charge in [0, 0.05) is 19.2 Å². The Morgan fingerprint density at radius 1 is 1.65 bits per heavy atom. The Kier molecular flexibility index (Phi) is 4.11. The zero-order valence-corrected chi connectivity index (χ0v) is 9.86. The molecular formula is C11H17N3O3. The third kappa shape index (κ3) is 3.83. The van der Waals surface area contributed by atoms with Gasteiger partial charge in [0.2, 0.25) is 5.91 Å². The van der Waals surface area contributed by atoms with E-state index >= 15 is 0 Å². The van der Waals surface area contributed by atoms with Gasteiger partial charge in [-0.05, 0) is 19.8 Å². The number of hydrogen-bond acceptors (Lipinski definition) is 5. The third-order valence-corrected chi connectivity index (χ3v) is 2.58. The van der Waals surface area contributed by atoms with Crippen molar-refractivity contribution in [2.24, 2.45) is 0 Å². The Balaban J connectivity index is 1.63. The van der Waals surface area contributed by atoms with Crippen LogP contribution in [0.1, 0.15) is 18.6 Å². The monoisotopic (exact) mass is 239 g/mol. The number of nitrogens with zero attached hydrogens (tertiary/aromatic N) is 1. The highest BCUT2D eigenvalue weighted by atomic mass is 16.5. The van der Waals surface area contributed by atoms with Gasteiger partial charge in [-0.15, -0.1) is 0 Å². The highest BCUT2D eigenvalue weighted by molar-refractivity contribution is 5.91. The topological polar surface area (TPSA) is 76.4 Å². The summed E-state index contributed by atoms with van der Waals surface area (Å²) in [6, 6.07) is 1.68. The predicted octanol–water partition coefficient (Wildman–Crippen LogP) is 0.690. The molecule has 0 saturated carbocycles. The summed E-state index contributed by atoms with van der Waals surface area (Å²) < 4.78 is 10.3. The molecule has 6 heteroatoms. The average molecular weight is 239 g/mol. The first-order valence-electron chi connectivity index (χ1n) is 5.79. The lowest BCUT2D eigenvalue weighted by molar-refractivity contribution is -0.115. The molecule has 1 fully saturated rings. The smallest absolute Gasteiger partial charge is 0.239 e. The van der Waals surface area contributed by atoms with Gasteiger partial charge in [0.05, 0.1) is 12.6 Å². The van der Waals surface area contributed by atoms with Crippen molar-refractivity contribution >= 4 is 11.7 Å². The van der Waals surface area contributed by atoms with Crippen LogP contribution in [0, 0.1) is 6.92 Å². The van der Waals surface area contributed by atoms with Gasteiger partial charge in [-0.1, -0.05) is 5.16 Å². The van der Waals surface area contributed by atoms with Crippen LogP contribution in [0.5, 0.6) is 0 Å². The van der Waals surface area contributed by atoms with Crippen LogP contribution < -0.4 is 10.6 Å². The van der Waals surface area contributed by atoms with E-state index in [-0.39, 0.29) is 18.6 Å². The minimum Gasteiger partial charge on any atom is -0.377 e. The molecular weight excluding hydrogens is 222 g/mol. The molecule has 1 atom stereocenters. The average Bonchev–Trinajstić information content (AvgIpc) is 2.90. The maximum absolute atomic E-state index is 11.5. The van der Waals surface area contributed by atoms with Crippen LogP contribution in [-0.2, 0) is 9.53 Å².